The monoisotopic (exact) mass is 184 g/mol. The van der Waals surface area contributed by atoms with Crippen LogP contribution in [0.15, 0.2) is 11.3 Å². The van der Waals surface area contributed by atoms with E-state index in [9.17, 15) is 4.79 Å². The number of azide groups is 1. The van der Waals surface area contributed by atoms with E-state index in [2.05, 4.69) is 19.7 Å². The fraction of sp³-hybridized carbons (Fsp3) is 0.200. The molecule has 0 aliphatic carbocycles. The maximum Gasteiger partial charge on any atom is 0.349 e. The second-order valence-electron chi connectivity index (χ2n) is 1.69. The predicted molar refractivity (Wildman–Crippen MR) is 42.3 cm³/mol. The minimum Gasteiger partial charge on any atom is -0.465 e. The van der Waals surface area contributed by atoms with Gasteiger partial charge in [0.25, 0.3) is 0 Å². The summed E-state index contributed by atoms with van der Waals surface area (Å²) in [6.07, 6.45) is 1.31. The second kappa shape index (κ2) is 3.70. The number of ether oxygens (including phenoxy) is 1. The van der Waals surface area contributed by atoms with Gasteiger partial charge in [0, 0.05) is 4.91 Å². The van der Waals surface area contributed by atoms with Crippen LogP contribution in [-0.4, -0.2) is 18.1 Å². The van der Waals surface area contributed by atoms with Crippen LogP contribution in [0.4, 0.5) is 5.13 Å². The van der Waals surface area contributed by atoms with Crippen LogP contribution in [-0.2, 0) is 4.74 Å². The van der Waals surface area contributed by atoms with Crippen molar-refractivity contribution in [3.63, 3.8) is 0 Å². The van der Waals surface area contributed by atoms with Gasteiger partial charge in [-0.15, -0.1) is 11.3 Å². The lowest BCUT2D eigenvalue weighted by Gasteiger charge is -1.89. The Morgan fingerprint density at radius 1 is 1.92 bits per heavy atom. The maximum absolute atomic E-state index is 10.8. The Morgan fingerprint density at radius 3 is 3.25 bits per heavy atom. The van der Waals surface area contributed by atoms with Crippen molar-refractivity contribution in [2.24, 2.45) is 5.11 Å². The first kappa shape index (κ1) is 8.51. The fourth-order valence-electron chi connectivity index (χ4n) is 0.544. The van der Waals surface area contributed by atoms with Crippen LogP contribution in [0, 0.1) is 0 Å². The molecule has 0 atom stereocenters. The zero-order valence-electron chi connectivity index (χ0n) is 6.09. The van der Waals surface area contributed by atoms with Gasteiger partial charge in [0.1, 0.15) is 4.88 Å². The highest BCUT2D eigenvalue weighted by atomic mass is 32.1. The number of hydrogen-bond donors (Lipinski definition) is 0. The molecule has 12 heavy (non-hydrogen) atoms. The van der Waals surface area contributed by atoms with Crippen molar-refractivity contribution in [2.75, 3.05) is 7.11 Å². The van der Waals surface area contributed by atoms with Gasteiger partial charge in [-0.05, 0) is 10.6 Å². The van der Waals surface area contributed by atoms with Crippen LogP contribution in [0.25, 0.3) is 10.4 Å². The number of thiazole rings is 1. The van der Waals surface area contributed by atoms with Crippen molar-refractivity contribution < 1.29 is 9.53 Å². The SMILES string of the molecule is COC(=O)c1cnc(N=[N+]=[N-])s1. The van der Waals surface area contributed by atoms with Gasteiger partial charge in [-0.3, -0.25) is 0 Å². The summed E-state index contributed by atoms with van der Waals surface area (Å²) in [6.45, 7) is 0. The van der Waals surface area contributed by atoms with E-state index in [0.29, 0.717) is 4.88 Å². The first-order valence-corrected chi connectivity index (χ1v) is 3.69. The van der Waals surface area contributed by atoms with Gasteiger partial charge in [-0.1, -0.05) is 0 Å². The largest absolute Gasteiger partial charge is 0.465 e. The Hall–Kier alpha value is -1.59. The van der Waals surface area contributed by atoms with Gasteiger partial charge in [-0.25, -0.2) is 9.78 Å². The summed E-state index contributed by atoms with van der Waals surface area (Å²) in [5.74, 6) is -0.480. The molecule has 0 aliphatic heterocycles. The number of carbonyl (C=O) groups excluding carboxylic acids is 1. The minimum atomic E-state index is -0.480. The summed E-state index contributed by atoms with van der Waals surface area (Å²) in [4.78, 5) is 17.4. The number of aromatic nitrogens is 1. The molecule has 0 saturated heterocycles. The molecule has 0 N–H and O–H groups in total. The molecule has 0 fully saturated rings. The summed E-state index contributed by atoms with van der Waals surface area (Å²) < 4.78 is 4.42. The highest BCUT2D eigenvalue weighted by Crippen LogP contribution is 2.21. The molecule has 0 bridgehead atoms. The van der Waals surface area contributed by atoms with Gasteiger partial charge in [0.15, 0.2) is 5.13 Å². The van der Waals surface area contributed by atoms with E-state index >= 15 is 0 Å². The molecule has 6 nitrogen and oxygen atoms in total. The highest BCUT2D eigenvalue weighted by Gasteiger charge is 2.08. The predicted octanol–water partition coefficient (Wildman–Crippen LogP) is 1.87. The number of rotatable bonds is 2. The second-order valence-corrected chi connectivity index (χ2v) is 2.70. The van der Waals surface area contributed by atoms with E-state index in [1.807, 2.05) is 0 Å². The molecule has 0 spiro atoms. The molecule has 1 aromatic heterocycles. The van der Waals surface area contributed by atoms with E-state index in [0.717, 1.165) is 11.3 Å². The van der Waals surface area contributed by atoms with Crippen LogP contribution in [0.5, 0.6) is 0 Å². The maximum atomic E-state index is 10.8. The van der Waals surface area contributed by atoms with E-state index in [-0.39, 0.29) is 5.13 Å². The quantitative estimate of drug-likeness (QED) is 0.304. The Morgan fingerprint density at radius 2 is 2.67 bits per heavy atom. The molecule has 1 rings (SSSR count). The highest BCUT2D eigenvalue weighted by molar-refractivity contribution is 7.17. The summed E-state index contributed by atoms with van der Waals surface area (Å²) in [6, 6.07) is 0. The number of carbonyl (C=O) groups is 1. The molecule has 0 aromatic carbocycles. The third kappa shape index (κ3) is 1.71. The van der Waals surface area contributed by atoms with Crippen LogP contribution >= 0.6 is 11.3 Å². The molecule has 0 saturated carbocycles. The molecular weight excluding hydrogens is 180 g/mol. The molecule has 0 amide bonds. The Kier molecular flexibility index (Phi) is 2.62. The molecule has 0 radical (unpaired) electrons. The Bertz CT molecular complexity index is 341. The third-order valence-electron chi connectivity index (χ3n) is 1.01. The topological polar surface area (TPSA) is 88.0 Å². The Balaban J connectivity index is 2.91. The lowest BCUT2D eigenvalue weighted by atomic mass is 10.6. The smallest absolute Gasteiger partial charge is 0.349 e. The fourth-order valence-corrected chi connectivity index (χ4v) is 1.20. The first-order chi connectivity index (χ1) is 5.77. The number of nitrogens with zero attached hydrogens (tertiary/aromatic N) is 4. The van der Waals surface area contributed by atoms with E-state index in [4.69, 9.17) is 5.53 Å². The lowest BCUT2D eigenvalue weighted by Crippen LogP contribution is -1.96. The molecule has 62 valence electrons. The minimum absolute atomic E-state index is 0.206. The van der Waals surface area contributed by atoms with Gasteiger partial charge in [0.2, 0.25) is 0 Å². The van der Waals surface area contributed by atoms with E-state index < -0.39 is 5.97 Å². The van der Waals surface area contributed by atoms with Crippen LogP contribution in [0.2, 0.25) is 0 Å². The molecule has 1 heterocycles. The first-order valence-electron chi connectivity index (χ1n) is 2.87. The molecule has 0 unspecified atom stereocenters. The summed E-state index contributed by atoms with van der Waals surface area (Å²) >= 11 is 0.984. The van der Waals surface area contributed by atoms with E-state index in [1.54, 1.807) is 0 Å². The van der Waals surface area contributed by atoms with Crippen molar-refractivity contribution in [1.29, 1.82) is 0 Å². The summed E-state index contributed by atoms with van der Waals surface area (Å²) in [5, 5.41) is 3.43. The normalized spacial score (nSPS) is 8.75. The molecule has 1 aromatic rings. The molecular formula is C5H4N4O2S. The number of esters is 1. The standard InChI is InChI=1S/C5H4N4O2S/c1-11-4(10)3-2-7-5(12-3)8-9-6/h2H,1H3. The average molecular weight is 184 g/mol. The van der Waals surface area contributed by atoms with Crippen molar-refractivity contribution >= 4 is 22.4 Å². The zero-order chi connectivity index (χ0) is 8.97. The van der Waals surface area contributed by atoms with Crippen molar-refractivity contribution in [2.45, 2.75) is 0 Å². The molecule has 7 heteroatoms. The average Bonchev–Trinajstić information content (AvgIpc) is 2.52. The summed E-state index contributed by atoms with van der Waals surface area (Å²) in [7, 11) is 1.27. The lowest BCUT2D eigenvalue weighted by molar-refractivity contribution is 0.0606. The van der Waals surface area contributed by atoms with E-state index in [1.165, 1.54) is 13.3 Å². The van der Waals surface area contributed by atoms with Crippen molar-refractivity contribution in [3.05, 3.63) is 21.5 Å². The number of hydrogen-bond acceptors (Lipinski definition) is 5. The van der Waals surface area contributed by atoms with Gasteiger partial charge in [0.05, 0.1) is 13.3 Å². The molecule has 0 aliphatic rings. The van der Waals surface area contributed by atoms with Crippen molar-refractivity contribution in [3.8, 4) is 0 Å². The zero-order valence-corrected chi connectivity index (χ0v) is 6.91. The Labute approximate surface area is 71.4 Å². The van der Waals surface area contributed by atoms with Gasteiger partial charge in [-0.2, -0.15) is 0 Å². The summed E-state index contributed by atoms with van der Waals surface area (Å²) in [5.41, 5.74) is 8.03. The van der Waals surface area contributed by atoms with Crippen LogP contribution in [0.1, 0.15) is 9.67 Å². The van der Waals surface area contributed by atoms with Crippen LogP contribution in [0.3, 0.4) is 0 Å². The van der Waals surface area contributed by atoms with Gasteiger partial charge >= 0.3 is 5.97 Å². The van der Waals surface area contributed by atoms with Gasteiger partial charge < -0.3 is 4.74 Å². The van der Waals surface area contributed by atoms with Crippen LogP contribution < -0.4 is 0 Å². The number of methoxy groups -OCH3 is 1. The van der Waals surface area contributed by atoms with Crippen molar-refractivity contribution in [1.82, 2.24) is 4.98 Å². The third-order valence-corrected chi connectivity index (χ3v) is 1.87.